The Labute approximate surface area is 105 Å². The van der Waals surface area contributed by atoms with Gasteiger partial charge in [0.25, 0.3) is 0 Å². The molecule has 0 saturated carbocycles. The van der Waals surface area contributed by atoms with Crippen LogP contribution in [0.1, 0.15) is 19.7 Å². The van der Waals surface area contributed by atoms with Gasteiger partial charge in [-0.05, 0) is 13.0 Å². The average molecular weight is 245 g/mol. The number of thiophene rings is 1. The first-order valence-electron chi connectivity index (χ1n) is 5.70. The summed E-state index contributed by atoms with van der Waals surface area (Å²) in [7, 11) is 0. The van der Waals surface area contributed by atoms with Gasteiger partial charge in [-0.25, -0.2) is 4.98 Å². The van der Waals surface area contributed by atoms with Gasteiger partial charge in [0.2, 0.25) is 0 Å². The molecule has 3 rings (SSSR count). The van der Waals surface area contributed by atoms with E-state index in [4.69, 9.17) is 0 Å². The van der Waals surface area contributed by atoms with Crippen molar-refractivity contribution in [2.45, 2.75) is 20.8 Å². The normalized spacial score (nSPS) is 10.1. The third-order valence-corrected chi connectivity index (χ3v) is 3.28. The molecular formula is C13H15N3S. The Morgan fingerprint density at radius 2 is 1.94 bits per heavy atom. The number of nitrogens with one attached hydrogen (secondary N) is 1. The first kappa shape index (κ1) is 11.8. The van der Waals surface area contributed by atoms with Crippen LogP contribution in [0.3, 0.4) is 0 Å². The van der Waals surface area contributed by atoms with E-state index in [1.807, 2.05) is 32.9 Å². The average Bonchev–Trinajstić information content (AvgIpc) is 2.97. The second-order valence-electron chi connectivity index (χ2n) is 3.39. The number of aryl methyl sites for hydroxylation is 1. The van der Waals surface area contributed by atoms with Gasteiger partial charge in [-0.1, -0.05) is 32.0 Å². The third kappa shape index (κ3) is 2.22. The van der Waals surface area contributed by atoms with Crippen LogP contribution in [0.2, 0.25) is 0 Å². The van der Waals surface area contributed by atoms with E-state index in [9.17, 15) is 0 Å². The number of aromatic amines is 1. The molecular weight excluding hydrogens is 230 g/mol. The third-order valence-electron chi connectivity index (χ3n) is 2.32. The van der Waals surface area contributed by atoms with Gasteiger partial charge in [0.05, 0.1) is 0 Å². The van der Waals surface area contributed by atoms with E-state index in [0.29, 0.717) is 0 Å². The number of rotatable bonds is 1. The number of nitrogens with zero attached hydrogens (tertiary/aromatic N) is 2. The fourth-order valence-corrected chi connectivity index (χ4v) is 2.55. The molecule has 3 aromatic rings. The molecule has 1 aromatic carbocycles. The lowest BCUT2D eigenvalue weighted by atomic mass is 10.2. The molecule has 0 atom stereocenters. The minimum absolute atomic E-state index is 0.782. The van der Waals surface area contributed by atoms with Gasteiger partial charge < -0.3 is 0 Å². The molecule has 0 aliphatic carbocycles. The van der Waals surface area contributed by atoms with Gasteiger partial charge in [0.1, 0.15) is 5.82 Å². The van der Waals surface area contributed by atoms with Crippen molar-refractivity contribution >= 4 is 21.4 Å². The van der Waals surface area contributed by atoms with E-state index >= 15 is 0 Å². The summed E-state index contributed by atoms with van der Waals surface area (Å²) >= 11 is 1.72. The summed E-state index contributed by atoms with van der Waals surface area (Å²) in [6, 6.07) is 8.31. The zero-order valence-corrected chi connectivity index (χ0v) is 11.0. The van der Waals surface area contributed by atoms with Gasteiger partial charge in [-0.2, -0.15) is 5.10 Å². The minimum Gasteiger partial charge on any atom is -0.263 e. The van der Waals surface area contributed by atoms with Crippen molar-refractivity contribution in [3.8, 4) is 11.4 Å². The lowest BCUT2D eigenvalue weighted by Crippen LogP contribution is -1.77. The van der Waals surface area contributed by atoms with Gasteiger partial charge >= 0.3 is 0 Å². The summed E-state index contributed by atoms with van der Waals surface area (Å²) in [6.45, 7) is 5.91. The standard InChI is InChI=1S/C11H9N3S.C2H6/c1-7-12-11(14-13-7)9-6-15-10-5-3-2-4-8(9)10;1-2/h2-6H,1H3,(H,12,13,14);1-2H3. The Morgan fingerprint density at radius 1 is 1.18 bits per heavy atom. The van der Waals surface area contributed by atoms with Crippen molar-refractivity contribution in [1.29, 1.82) is 0 Å². The summed E-state index contributed by atoms with van der Waals surface area (Å²) in [5, 5.41) is 10.4. The number of benzene rings is 1. The molecule has 0 aliphatic heterocycles. The van der Waals surface area contributed by atoms with Crippen LogP contribution < -0.4 is 0 Å². The van der Waals surface area contributed by atoms with Gasteiger partial charge in [0, 0.05) is 21.0 Å². The zero-order chi connectivity index (χ0) is 12.3. The molecule has 3 nitrogen and oxygen atoms in total. The van der Waals surface area contributed by atoms with Crippen LogP contribution in [0.25, 0.3) is 21.5 Å². The van der Waals surface area contributed by atoms with E-state index in [-0.39, 0.29) is 0 Å². The summed E-state index contributed by atoms with van der Waals surface area (Å²) in [6.07, 6.45) is 0. The molecule has 0 saturated heterocycles. The predicted molar refractivity (Wildman–Crippen MR) is 73.3 cm³/mol. The second kappa shape index (κ2) is 5.10. The number of fused-ring (bicyclic) bond motifs is 1. The number of hydrogen-bond donors (Lipinski definition) is 1. The SMILES string of the molecule is CC.Cc1nc(-c2csc3ccccc23)n[nH]1. The highest BCUT2D eigenvalue weighted by molar-refractivity contribution is 7.17. The molecule has 2 aromatic heterocycles. The molecule has 88 valence electrons. The molecule has 0 radical (unpaired) electrons. The topological polar surface area (TPSA) is 41.6 Å². The van der Waals surface area contributed by atoms with Crippen molar-refractivity contribution < 1.29 is 0 Å². The molecule has 0 fully saturated rings. The molecule has 0 unspecified atom stereocenters. The minimum atomic E-state index is 0.782. The molecule has 4 heteroatoms. The Hall–Kier alpha value is -1.68. The molecule has 0 bridgehead atoms. The van der Waals surface area contributed by atoms with Crippen LogP contribution in [0, 0.1) is 6.92 Å². The monoisotopic (exact) mass is 245 g/mol. The van der Waals surface area contributed by atoms with Crippen molar-refractivity contribution in [2.75, 3.05) is 0 Å². The summed E-state index contributed by atoms with van der Waals surface area (Å²) < 4.78 is 1.27. The predicted octanol–water partition coefficient (Wildman–Crippen LogP) is 4.02. The van der Waals surface area contributed by atoms with Crippen LogP contribution in [0.5, 0.6) is 0 Å². The van der Waals surface area contributed by atoms with Crippen molar-refractivity contribution in [3.05, 3.63) is 35.5 Å². The number of hydrogen-bond acceptors (Lipinski definition) is 3. The lowest BCUT2D eigenvalue weighted by molar-refractivity contribution is 1.04. The van der Waals surface area contributed by atoms with Crippen LogP contribution in [0.4, 0.5) is 0 Å². The summed E-state index contributed by atoms with van der Waals surface area (Å²) in [4.78, 5) is 4.34. The Bertz CT molecular complexity index is 610. The van der Waals surface area contributed by atoms with Crippen molar-refractivity contribution in [3.63, 3.8) is 0 Å². The van der Waals surface area contributed by atoms with Gasteiger partial charge in [0.15, 0.2) is 5.82 Å². The largest absolute Gasteiger partial charge is 0.263 e. The molecule has 1 N–H and O–H groups in total. The van der Waals surface area contributed by atoms with Crippen molar-refractivity contribution in [2.24, 2.45) is 0 Å². The van der Waals surface area contributed by atoms with E-state index < -0.39 is 0 Å². The number of aromatic nitrogens is 3. The van der Waals surface area contributed by atoms with Gasteiger partial charge in [-0.15, -0.1) is 11.3 Å². The maximum absolute atomic E-state index is 4.34. The van der Waals surface area contributed by atoms with Crippen LogP contribution in [-0.4, -0.2) is 15.2 Å². The molecule has 17 heavy (non-hydrogen) atoms. The fraction of sp³-hybridized carbons (Fsp3) is 0.231. The Morgan fingerprint density at radius 3 is 2.65 bits per heavy atom. The summed E-state index contributed by atoms with van der Waals surface area (Å²) in [5.41, 5.74) is 1.11. The van der Waals surface area contributed by atoms with Crippen LogP contribution >= 0.6 is 11.3 Å². The van der Waals surface area contributed by atoms with Crippen LogP contribution in [-0.2, 0) is 0 Å². The fourth-order valence-electron chi connectivity index (χ4n) is 1.61. The quantitative estimate of drug-likeness (QED) is 0.703. The maximum atomic E-state index is 4.34. The Balaban J connectivity index is 0.000000514. The van der Waals surface area contributed by atoms with Crippen LogP contribution in [0.15, 0.2) is 29.6 Å². The number of H-pyrrole nitrogens is 1. The first-order chi connectivity index (χ1) is 8.34. The molecule has 0 amide bonds. The first-order valence-corrected chi connectivity index (χ1v) is 6.58. The highest BCUT2D eigenvalue weighted by atomic mass is 32.1. The molecule has 2 heterocycles. The van der Waals surface area contributed by atoms with E-state index in [1.54, 1.807) is 11.3 Å². The second-order valence-corrected chi connectivity index (χ2v) is 4.30. The molecule has 0 aliphatic rings. The summed E-state index contributed by atoms with van der Waals surface area (Å²) in [5.74, 6) is 1.63. The highest BCUT2D eigenvalue weighted by Gasteiger charge is 2.09. The smallest absolute Gasteiger partial charge is 0.182 e. The Kier molecular flexibility index (Phi) is 3.54. The van der Waals surface area contributed by atoms with Crippen molar-refractivity contribution in [1.82, 2.24) is 15.2 Å². The van der Waals surface area contributed by atoms with E-state index in [2.05, 4.69) is 32.7 Å². The lowest BCUT2D eigenvalue weighted by Gasteiger charge is -1.91. The molecule has 0 spiro atoms. The zero-order valence-electron chi connectivity index (χ0n) is 10.2. The van der Waals surface area contributed by atoms with E-state index in [0.717, 1.165) is 17.2 Å². The maximum Gasteiger partial charge on any atom is 0.182 e. The van der Waals surface area contributed by atoms with E-state index in [1.165, 1.54) is 10.1 Å². The highest BCUT2D eigenvalue weighted by Crippen LogP contribution is 2.31. The van der Waals surface area contributed by atoms with Gasteiger partial charge in [-0.3, -0.25) is 5.10 Å².